The highest BCUT2D eigenvalue weighted by Gasteiger charge is 2.33. The summed E-state index contributed by atoms with van der Waals surface area (Å²) in [6.45, 7) is 2.97. The summed E-state index contributed by atoms with van der Waals surface area (Å²) >= 11 is 2.69. The van der Waals surface area contributed by atoms with Gasteiger partial charge in [0.25, 0.3) is 0 Å². The molecule has 1 heterocycles. The van der Waals surface area contributed by atoms with Crippen LogP contribution in [-0.4, -0.2) is 37.4 Å². The maximum absolute atomic E-state index is 12.6. The number of hydrogen-bond donors (Lipinski definition) is 2. The molecule has 2 N–H and O–H groups in total. The third-order valence-corrected chi connectivity index (χ3v) is 5.92. The van der Waals surface area contributed by atoms with Crippen LogP contribution in [-0.2, 0) is 12.7 Å². The van der Waals surface area contributed by atoms with Crippen molar-refractivity contribution in [1.29, 1.82) is 0 Å². The lowest BCUT2D eigenvalue weighted by molar-refractivity contribution is -0.140. The van der Waals surface area contributed by atoms with Gasteiger partial charge in [-0.25, -0.2) is 4.98 Å². The van der Waals surface area contributed by atoms with Crippen molar-refractivity contribution in [3.63, 3.8) is 0 Å². The zero-order valence-corrected chi connectivity index (χ0v) is 17.5. The zero-order chi connectivity index (χ0) is 20.6. The van der Waals surface area contributed by atoms with Crippen LogP contribution in [0.25, 0.3) is 0 Å². The molecule has 1 unspecified atom stereocenters. The van der Waals surface area contributed by atoms with Gasteiger partial charge in [0, 0.05) is 29.6 Å². The smallest absolute Gasteiger partial charge is 0.434 e. The number of guanidine groups is 1. The van der Waals surface area contributed by atoms with Crippen molar-refractivity contribution in [2.45, 2.75) is 24.5 Å². The van der Waals surface area contributed by atoms with Gasteiger partial charge in [0.05, 0.1) is 13.7 Å². The lowest BCUT2D eigenvalue weighted by Crippen LogP contribution is -2.39. The predicted molar refractivity (Wildman–Crippen MR) is 108 cm³/mol. The molecule has 0 bridgehead atoms. The number of alkyl halides is 3. The van der Waals surface area contributed by atoms with E-state index in [0.717, 1.165) is 33.1 Å². The molecule has 28 heavy (non-hydrogen) atoms. The number of rotatable bonds is 8. The SMILES string of the molecule is CN=C(NCc1nc(C(F)(F)F)cs1)NCC(C)CSc1ccccc1OC. The molecule has 2 rings (SSSR count). The number of methoxy groups -OCH3 is 1. The van der Waals surface area contributed by atoms with Gasteiger partial charge in [-0.2, -0.15) is 13.2 Å². The molecule has 0 saturated heterocycles. The van der Waals surface area contributed by atoms with Crippen LogP contribution in [0.15, 0.2) is 39.5 Å². The molecule has 0 saturated carbocycles. The summed E-state index contributed by atoms with van der Waals surface area (Å²) in [6.07, 6.45) is -4.41. The van der Waals surface area contributed by atoms with Crippen LogP contribution in [0.4, 0.5) is 13.2 Å². The molecule has 0 fully saturated rings. The van der Waals surface area contributed by atoms with Crippen molar-refractivity contribution >= 4 is 29.1 Å². The van der Waals surface area contributed by atoms with Crippen molar-refractivity contribution in [2.75, 3.05) is 26.5 Å². The molecule has 5 nitrogen and oxygen atoms in total. The average molecular weight is 433 g/mol. The van der Waals surface area contributed by atoms with Gasteiger partial charge in [0.2, 0.25) is 0 Å². The highest BCUT2D eigenvalue weighted by molar-refractivity contribution is 7.99. The van der Waals surface area contributed by atoms with Crippen molar-refractivity contribution in [3.8, 4) is 5.75 Å². The molecule has 1 aromatic heterocycles. The summed E-state index contributed by atoms with van der Waals surface area (Å²) in [5.74, 6) is 2.60. The van der Waals surface area contributed by atoms with E-state index in [1.807, 2.05) is 24.3 Å². The topological polar surface area (TPSA) is 58.5 Å². The fourth-order valence-electron chi connectivity index (χ4n) is 2.20. The monoisotopic (exact) mass is 432 g/mol. The van der Waals surface area contributed by atoms with Crippen LogP contribution < -0.4 is 15.4 Å². The van der Waals surface area contributed by atoms with Gasteiger partial charge in [-0.15, -0.1) is 23.1 Å². The van der Waals surface area contributed by atoms with Crippen molar-refractivity contribution in [3.05, 3.63) is 40.3 Å². The molecule has 0 aliphatic heterocycles. The summed E-state index contributed by atoms with van der Waals surface area (Å²) < 4.78 is 43.1. The largest absolute Gasteiger partial charge is 0.496 e. The number of thioether (sulfide) groups is 1. The Hall–Kier alpha value is -1.94. The van der Waals surface area contributed by atoms with E-state index in [0.29, 0.717) is 23.4 Å². The van der Waals surface area contributed by atoms with Crippen molar-refractivity contribution < 1.29 is 17.9 Å². The van der Waals surface area contributed by atoms with Crippen LogP contribution in [0, 0.1) is 5.92 Å². The Balaban J connectivity index is 1.76. The molecule has 0 radical (unpaired) electrons. The second-order valence-corrected chi connectivity index (χ2v) is 8.00. The first kappa shape index (κ1) is 22.4. The van der Waals surface area contributed by atoms with E-state index in [9.17, 15) is 13.2 Å². The lowest BCUT2D eigenvalue weighted by atomic mass is 10.2. The maximum atomic E-state index is 12.6. The minimum atomic E-state index is -4.41. The van der Waals surface area contributed by atoms with Crippen LogP contribution in [0.2, 0.25) is 0 Å². The zero-order valence-electron chi connectivity index (χ0n) is 15.8. The van der Waals surface area contributed by atoms with Gasteiger partial charge in [-0.1, -0.05) is 19.1 Å². The molecule has 1 atom stereocenters. The van der Waals surface area contributed by atoms with Crippen LogP contribution in [0.1, 0.15) is 17.6 Å². The molecular formula is C18H23F3N4OS2. The fraction of sp³-hybridized carbons (Fsp3) is 0.444. The summed E-state index contributed by atoms with van der Waals surface area (Å²) in [5, 5.41) is 7.56. The van der Waals surface area contributed by atoms with E-state index in [4.69, 9.17) is 4.74 Å². The number of ether oxygens (including phenoxy) is 1. The maximum Gasteiger partial charge on any atom is 0.434 e. The normalized spacial score (nSPS) is 13.3. The van der Waals surface area contributed by atoms with Crippen LogP contribution >= 0.6 is 23.1 Å². The van der Waals surface area contributed by atoms with Gasteiger partial charge >= 0.3 is 6.18 Å². The van der Waals surface area contributed by atoms with Gasteiger partial charge in [0.15, 0.2) is 11.7 Å². The highest BCUT2D eigenvalue weighted by Crippen LogP contribution is 2.30. The Kier molecular flexibility index (Phi) is 8.43. The lowest BCUT2D eigenvalue weighted by Gasteiger charge is -2.16. The molecule has 0 amide bonds. The number of hydrogen-bond acceptors (Lipinski definition) is 5. The third-order valence-electron chi connectivity index (χ3n) is 3.68. The number of aromatic nitrogens is 1. The van der Waals surface area contributed by atoms with Crippen LogP contribution in [0.5, 0.6) is 5.75 Å². The fourth-order valence-corrected chi connectivity index (χ4v) is 3.99. The van der Waals surface area contributed by atoms with Gasteiger partial charge in [-0.05, 0) is 18.1 Å². The minimum Gasteiger partial charge on any atom is -0.496 e. The molecular weight excluding hydrogens is 409 g/mol. The predicted octanol–water partition coefficient (Wildman–Crippen LogP) is 4.26. The van der Waals surface area contributed by atoms with E-state index in [1.54, 1.807) is 25.9 Å². The Morgan fingerprint density at radius 1 is 1.32 bits per heavy atom. The Morgan fingerprint density at radius 2 is 2.07 bits per heavy atom. The second kappa shape index (κ2) is 10.6. The van der Waals surface area contributed by atoms with E-state index >= 15 is 0 Å². The first-order valence-electron chi connectivity index (χ1n) is 8.55. The summed E-state index contributed by atoms with van der Waals surface area (Å²) in [4.78, 5) is 8.78. The number of para-hydroxylation sites is 1. The molecule has 10 heteroatoms. The number of benzene rings is 1. The number of aliphatic imine (C=N–C) groups is 1. The number of thiazole rings is 1. The van der Waals surface area contributed by atoms with E-state index in [1.165, 1.54) is 0 Å². The summed E-state index contributed by atoms with van der Waals surface area (Å²) in [5.41, 5.74) is -0.862. The van der Waals surface area contributed by atoms with Crippen molar-refractivity contribution in [2.24, 2.45) is 10.9 Å². The van der Waals surface area contributed by atoms with E-state index in [2.05, 4.69) is 27.5 Å². The number of nitrogens with zero attached hydrogens (tertiary/aromatic N) is 2. The molecule has 0 aliphatic carbocycles. The van der Waals surface area contributed by atoms with Gasteiger partial charge in [0.1, 0.15) is 10.8 Å². The molecule has 0 aliphatic rings. The minimum absolute atomic E-state index is 0.185. The standard InChI is InChI=1S/C18H23F3N4OS2/c1-12(10-27-14-7-5-4-6-13(14)26-3)8-23-17(22-2)24-9-16-25-15(11-28-16)18(19,20)21/h4-7,11-12H,8-10H2,1-3H3,(H2,22,23,24). The Morgan fingerprint density at radius 3 is 2.71 bits per heavy atom. The van der Waals surface area contributed by atoms with Gasteiger partial charge < -0.3 is 15.4 Å². The summed E-state index contributed by atoms with van der Waals surface area (Å²) in [6, 6.07) is 7.86. The van der Waals surface area contributed by atoms with Crippen LogP contribution in [0.3, 0.4) is 0 Å². The van der Waals surface area contributed by atoms with E-state index < -0.39 is 11.9 Å². The highest BCUT2D eigenvalue weighted by atomic mass is 32.2. The number of nitrogens with one attached hydrogen (secondary N) is 2. The average Bonchev–Trinajstić information content (AvgIpc) is 3.16. The van der Waals surface area contributed by atoms with E-state index in [-0.39, 0.29) is 6.54 Å². The molecule has 0 spiro atoms. The van der Waals surface area contributed by atoms with Crippen molar-refractivity contribution in [1.82, 2.24) is 15.6 Å². The first-order chi connectivity index (χ1) is 13.3. The van der Waals surface area contributed by atoms with Gasteiger partial charge in [-0.3, -0.25) is 4.99 Å². The number of halogens is 3. The molecule has 154 valence electrons. The molecule has 2 aromatic rings. The quantitative estimate of drug-likeness (QED) is 0.371. The molecule has 1 aromatic carbocycles. The second-order valence-electron chi connectivity index (χ2n) is 6.00. The Labute approximate surface area is 170 Å². The first-order valence-corrected chi connectivity index (χ1v) is 10.4. The third kappa shape index (κ3) is 6.90. The Bertz CT molecular complexity index is 780. The summed E-state index contributed by atoms with van der Waals surface area (Å²) in [7, 11) is 3.27.